The van der Waals surface area contributed by atoms with Crippen LogP contribution in [0.4, 0.5) is 0 Å². The van der Waals surface area contributed by atoms with E-state index in [1.54, 1.807) is 0 Å². The molecule has 122 valence electrons. The van der Waals surface area contributed by atoms with Gasteiger partial charge in [0.25, 0.3) is 0 Å². The Hall–Kier alpha value is -0.680. The minimum Gasteiger partial charge on any atom is -0.370 e. The molecule has 0 saturated carbocycles. The average Bonchev–Trinajstić information content (AvgIpc) is 2.30. The van der Waals surface area contributed by atoms with Gasteiger partial charge in [-0.25, -0.2) is 0 Å². The molecule has 0 atom stereocenters. The van der Waals surface area contributed by atoms with E-state index in [1.807, 2.05) is 0 Å². The Morgan fingerprint density at radius 3 is 1.80 bits per heavy atom. The van der Waals surface area contributed by atoms with Crippen molar-refractivity contribution in [1.29, 1.82) is 5.41 Å². The van der Waals surface area contributed by atoms with Crippen LogP contribution in [0.5, 0.6) is 0 Å². The molecule has 0 saturated heterocycles. The first-order valence-corrected chi connectivity index (χ1v) is 7.09. The van der Waals surface area contributed by atoms with Crippen LogP contribution in [-0.2, 0) is 0 Å². The molecule has 20 heavy (non-hydrogen) atoms. The fourth-order valence-corrected chi connectivity index (χ4v) is 1.81. The van der Waals surface area contributed by atoms with Gasteiger partial charge in [-0.3, -0.25) is 5.41 Å². The van der Waals surface area contributed by atoms with Crippen molar-refractivity contribution in [1.82, 2.24) is 5.32 Å². The molecule has 0 amide bonds. The second kappa shape index (κ2) is 18.3. The van der Waals surface area contributed by atoms with Crippen molar-refractivity contribution in [2.24, 2.45) is 16.5 Å². The topological polar surface area (TPSA) is 100 Å². The number of hydrogen-bond donors (Lipinski definition) is 4. The number of nitrogens with two attached hydrogens (primary N) is 2. The Balaban J connectivity index is -0.00000144. The largest absolute Gasteiger partial charge is 0.370 e. The average molecular weight is 328 g/mol. The van der Waals surface area contributed by atoms with Crippen LogP contribution in [0, 0.1) is 5.41 Å². The molecule has 0 aromatic carbocycles. The maximum atomic E-state index is 7.37. The van der Waals surface area contributed by atoms with Crippen molar-refractivity contribution < 1.29 is 0 Å². The van der Waals surface area contributed by atoms with E-state index in [0.29, 0.717) is 0 Å². The lowest BCUT2D eigenvalue weighted by atomic mass is 10.1. The molecule has 0 aliphatic rings. The summed E-state index contributed by atoms with van der Waals surface area (Å²) in [7, 11) is 0. The molecule has 0 bridgehead atoms. The van der Waals surface area contributed by atoms with Gasteiger partial charge < -0.3 is 16.8 Å². The van der Waals surface area contributed by atoms with E-state index in [-0.39, 0.29) is 36.7 Å². The number of nitrogens with zero attached hydrogens (tertiary/aromatic N) is 1. The summed E-state index contributed by atoms with van der Waals surface area (Å²) in [5.41, 5.74) is 10.3. The Morgan fingerprint density at radius 2 is 1.35 bits per heavy atom. The van der Waals surface area contributed by atoms with Crippen molar-refractivity contribution >= 4 is 36.7 Å². The summed E-state index contributed by atoms with van der Waals surface area (Å²) in [6, 6.07) is 0. The maximum absolute atomic E-state index is 7.37. The van der Waals surface area contributed by atoms with E-state index in [1.165, 1.54) is 51.4 Å². The van der Waals surface area contributed by atoms with Crippen LogP contribution in [0.25, 0.3) is 0 Å². The third kappa shape index (κ3) is 19.7. The number of aliphatic imine (C=N–C) groups is 1. The van der Waals surface area contributed by atoms with Gasteiger partial charge in [-0.15, -0.1) is 24.8 Å². The minimum atomic E-state index is -0.0698. The molecule has 7 heteroatoms. The monoisotopic (exact) mass is 327 g/mol. The van der Waals surface area contributed by atoms with Gasteiger partial charge in [0.2, 0.25) is 5.96 Å². The zero-order valence-electron chi connectivity index (χ0n) is 12.5. The lowest BCUT2D eigenvalue weighted by Gasteiger charge is -2.04. The van der Waals surface area contributed by atoms with Gasteiger partial charge in [0, 0.05) is 6.54 Å². The summed E-state index contributed by atoms with van der Waals surface area (Å²) in [6.07, 6.45) is 11.7. The van der Waals surface area contributed by atoms with E-state index in [4.69, 9.17) is 16.9 Å². The second-order valence-corrected chi connectivity index (χ2v) is 4.64. The van der Waals surface area contributed by atoms with Crippen LogP contribution in [0.1, 0.15) is 64.7 Å². The standard InChI is InChI=1S/C13H29N5.2ClH/c1-2-3-4-5-6-7-8-9-10-11-17-13(16)18-12(14)15;;/h2-11H2,1H3,(H6,14,15,16,17,18);2*1H. The van der Waals surface area contributed by atoms with Crippen molar-refractivity contribution in [3.05, 3.63) is 0 Å². The molecule has 0 heterocycles. The highest BCUT2D eigenvalue weighted by atomic mass is 35.5. The summed E-state index contributed by atoms with van der Waals surface area (Å²) in [5, 5.41) is 10.2. The molecule has 0 spiro atoms. The number of hydrogen-bond acceptors (Lipinski definition) is 1. The Bertz CT molecular complexity index is 243. The van der Waals surface area contributed by atoms with Gasteiger partial charge in [-0.2, -0.15) is 4.99 Å². The zero-order valence-corrected chi connectivity index (χ0v) is 14.1. The minimum absolute atomic E-state index is 0. The van der Waals surface area contributed by atoms with Gasteiger partial charge in [0.15, 0.2) is 5.96 Å². The number of unbranched alkanes of at least 4 members (excludes halogenated alkanes) is 8. The van der Waals surface area contributed by atoms with Crippen molar-refractivity contribution in [3.63, 3.8) is 0 Å². The lowest BCUT2D eigenvalue weighted by molar-refractivity contribution is 0.562. The van der Waals surface area contributed by atoms with Crippen LogP contribution in [0.2, 0.25) is 0 Å². The first kappa shape index (κ1) is 24.3. The van der Waals surface area contributed by atoms with E-state index < -0.39 is 0 Å². The fraction of sp³-hybridized carbons (Fsp3) is 0.846. The predicted molar refractivity (Wildman–Crippen MR) is 93.3 cm³/mol. The summed E-state index contributed by atoms with van der Waals surface area (Å²) in [5.74, 6) is -0.0193. The van der Waals surface area contributed by atoms with Crippen LogP contribution in [0.15, 0.2) is 4.99 Å². The third-order valence-corrected chi connectivity index (χ3v) is 2.81. The maximum Gasteiger partial charge on any atom is 0.218 e. The number of halogens is 2. The van der Waals surface area contributed by atoms with Crippen LogP contribution >= 0.6 is 24.8 Å². The van der Waals surface area contributed by atoms with Gasteiger partial charge >= 0.3 is 0 Å². The van der Waals surface area contributed by atoms with Gasteiger partial charge in [0.05, 0.1) is 0 Å². The molecule has 0 radical (unpaired) electrons. The lowest BCUT2D eigenvalue weighted by Crippen LogP contribution is -2.29. The van der Waals surface area contributed by atoms with Gasteiger partial charge in [0.1, 0.15) is 0 Å². The first-order valence-electron chi connectivity index (χ1n) is 7.09. The molecular formula is C13H31Cl2N5. The van der Waals surface area contributed by atoms with E-state index in [2.05, 4.69) is 17.2 Å². The molecule has 6 N–H and O–H groups in total. The van der Waals surface area contributed by atoms with Crippen LogP contribution in [0.3, 0.4) is 0 Å². The third-order valence-electron chi connectivity index (χ3n) is 2.81. The predicted octanol–water partition coefficient (Wildman–Crippen LogP) is 3.16. The highest BCUT2D eigenvalue weighted by molar-refractivity contribution is 5.91. The van der Waals surface area contributed by atoms with Crippen LogP contribution in [-0.4, -0.2) is 18.5 Å². The number of nitrogens with one attached hydrogen (secondary N) is 2. The highest BCUT2D eigenvalue weighted by Gasteiger charge is 1.94. The summed E-state index contributed by atoms with van der Waals surface area (Å²) >= 11 is 0. The van der Waals surface area contributed by atoms with E-state index in [9.17, 15) is 0 Å². The number of rotatable bonds is 10. The molecular weight excluding hydrogens is 297 g/mol. The van der Waals surface area contributed by atoms with Gasteiger partial charge in [-0.1, -0.05) is 58.3 Å². The molecule has 0 aliphatic carbocycles. The molecule has 0 fully saturated rings. The Morgan fingerprint density at radius 1 is 0.900 bits per heavy atom. The Labute approximate surface area is 135 Å². The molecule has 5 nitrogen and oxygen atoms in total. The summed E-state index contributed by atoms with van der Waals surface area (Å²) in [6.45, 7) is 3.01. The number of guanidine groups is 2. The van der Waals surface area contributed by atoms with Crippen molar-refractivity contribution in [2.45, 2.75) is 64.7 Å². The van der Waals surface area contributed by atoms with E-state index in [0.717, 1.165) is 13.0 Å². The quantitative estimate of drug-likeness (QED) is 0.281. The molecule has 0 aromatic heterocycles. The van der Waals surface area contributed by atoms with Crippen LogP contribution < -0.4 is 16.8 Å². The molecule has 0 aromatic rings. The van der Waals surface area contributed by atoms with Crippen molar-refractivity contribution in [3.8, 4) is 0 Å². The zero-order chi connectivity index (χ0) is 13.6. The Kier molecular flexibility index (Phi) is 22.3. The molecule has 0 unspecified atom stereocenters. The summed E-state index contributed by atoms with van der Waals surface area (Å²) < 4.78 is 0. The normalized spacial score (nSPS) is 9.05. The van der Waals surface area contributed by atoms with E-state index >= 15 is 0 Å². The smallest absolute Gasteiger partial charge is 0.218 e. The summed E-state index contributed by atoms with van der Waals surface area (Å²) in [4.78, 5) is 3.60. The highest BCUT2D eigenvalue weighted by Crippen LogP contribution is 2.09. The van der Waals surface area contributed by atoms with Crippen molar-refractivity contribution in [2.75, 3.05) is 6.54 Å². The second-order valence-electron chi connectivity index (χ2n) is 4.64. The first-order chi connectivity index (χ1) is 8.66. The molecule has 0 aliphatic heterocycles. The van der Waals surface area contributed by atoms with Gasteiger partial charge in [-0.05, 0) is 6.42 Å². The SMILES string of the molecule is CCCCCCCCCCCNC(=N)N=C(N)N.Cl.Cl. The molecule has 0 rings (SSSR count). The fourth-order valence-electron chi connectivity index (χ4n) is 1.81.